The van der Waals surface area contributed by atoms with E-state index in [1.54, 1.807) is 44.3 Å². The normalized spacial score (nSPS) is 22.8. The van der Waals surface area contributed by atoms with Gasteiger partial charge in [-0.1, -0.05) is 36.7 Å². The maximum atomic E-state index is 13.8. The minimum Gasteiger partial charge on any atom is -0.462 e. The summed E-state index contributed by atoms with van der Waals surface area (Å²) in [5.74, 6) is -0.671. The van der Waals surface area contributed by atoms with Gasteiger partial charge in [-0.25, -0.2) is 19.0 Å². The number of rotatable bonds is 4. The molecule has 5 rings (SSSR count). The number of fused-ring (bicyclic) bond motifs is 2. The number of hydrogen-bond donors (Lipinski definition) is 0. The fourth-order valence-corrected chi connectivity index (χ4v) is 5.20. The number of nitrogens with zero attached hydrogens (tertiary/aromatic N) is 3. The third kappa shape index (κ3) is 3.77. The molecule has 10 nitrogen and oxygen atoms in total. The Kier molecular flexibility index (Phi) is 6.09. The first-order valence-electron chi connectivity index (χ1n) is 11.5. The molecule has 1 saturated heterocycles. The fourth-order valence-electron chi connectivity index (χ4n) is 4.97. The second kappa shape index (κ2) is 9.11. The molecule has 36 heavy (non-hydrogen) atoms. The van der Waals surface area contributed by atoms with Crippen LogP contribution in [0.15, 0.2) is 51.9 Å². The molecule has 3 heterocycles. The van der Waals surface area contributed by atoms with Crippen molar-refractivity contribution in [3.8, 4) is 0 Å². The molecule has 1 aliphatic carbocycles. The predicted molar refractivity (Wildman–Crippen MR) is 130 cm³/mol. The summed E-state index contributed by atoms with van der Waals surface area (Å²) < 4.78 is 18.4. The average Bonchev–Trinajstić information content (AvgIpc) is 3.13. The first-order chi connectivity index (χ1) is 17.2. The Balaban J connectivity index is 1.72. The highest BCUT2D eigenvalue weighted by Crippen LogP contribution is 2.35. The van der Waals surface area contributed by atoms with Crippen LogP contribution in [0, 0.1) is 5.92 Å². The van der Waals surface area contributed by atoms with E-state index in [9.17, 15) is 19.2 Å². The van der Waals surface area contributed by atoms with Gasteiger partial charge in [-0.15, -0.1) is 0 Å². The molecule has 1 aromatic heterocycles. The third-order valence-electron chi connectivity index (χ3n) is 6.66. The fraction of sp³-hybridized carbons (Fsp3) is 0.360. The predicted octanol–water partition coefficient (Wildman–Crippen LogP) is 2.78. The summed E-state index contributed by atoms with van der Waals surface area (Å²) in [5.41, 5.74) is -0.0779. The number of esters is 1. The summed E-state index contributed by atoms with van der Waals surface area (Å²) in [5, 5.41) is 0.457. The molecule has 2 aromatic rings. The van der Waals surface area contributed by atoms with Gasteiger partial charge in [0, 0.05) is 41.5 Å². The second-order valence-electron chi connectivity index (χ2n) is 8.85. The maximum absolute atomic E-state index is 13.8. The molecule has 2 aliphatic heterocycles. The van der Waals surface area contributed by atoms with Crippen LogP contribution >= 0.6 is 11.6 Å². The van der Waals surface area contributed by atoms with Gasteiger partial charge in [0.15, 0.2) is 0 Å². The Hall–Kier alpha value is -3.63. The Morgan fingerprint density at radius 1 is 1.25 bits per heavy atom. The number of carbonyl (C=O) groups is 2. The number of amides is 1. The molecule has 1 fully saturated rings. The minimum absolute atomic E-state index is 0.0375. The zero-order valence-electron chi connectivity index (χ0n) is 19.9. The monoisotopic (exact) mass is 513 g/mol. The lowest BCUT2D eigenvalue weighted by atomic mass is 9.93. The third-order valence-corrected chi connectivity index (χ3v) is 7.02. The molecule has 0 radical (unpaired) electrons. The molecule has 188 valence electrons. The Bertz CT molecular complexity index is 1450. The van der Waals surface area contributed by atoms with Gasteiger partial charge in [-0.05, 0) is 18.6 Å². The van der Waals surface area contributed by atoms with Crippen molar-refractivity contribution in [3.63, 3.8) is 0 Å². The molecule has 3 aliphatic rings. The lowest BCUT2D eigenvalue weighted by molar-refractivity contribution is 0.0519. The summed E-state index contributed by atoms with van der Waals surface area (Å²) in [6.07, 6.45) is 4.04. The quantitative estimate of drug-likeness (QED) is 0.578. The first kappa shape index (κ1) is 24.1. The Morgan fingerprint density at radius 2 is 2.03 bits per heavy atom. The molecular formula is C25H24ClN3O7. The molecule has 11 heteroatoms. The van der Waals surface area contributed by atoms with Crippen molar-refractivity contribution in [2.45, 2.75) is 32.5 Å². The Labute approximate surface area is 210 Å². The molecular weight excluding hydrogens is 490 g/mol. The summed E-state index contributed by atoms with van der Waals surface area (Å²) in [6, 6.07) is 4.10. The second-order valence-corrected chi connectivity index (χ2v) is 9.26. The molecule has 3 atom stereocenters. The van der Waals surface area contributed by atoms with Crippen LogP contribution in [0.3, 0.4) is 0 Å². The zero-order valence-corrected chi connectivity index (χ0v) is 20.7. The van der Waals surface area contributed by atoms with E-state index in [0.29, 0.717) is 27.6 Å². The molecule has 0 N–H and O–H groups in total. The van der Waals surface area contributed by atoms with Crippen LogP contribution in [0.25, 0.3) is 5.70 Å². The van der Waals surface area contributed by atoms with E-state index in [-0.39, 0.29) is 37.3 Å². The number of halogens is 1. The van der Waals surface area contributed by atoms with Crippen LogP contribution in [0.5, 0.6) is 0 Å². The topological polar surface area (TPSA) is 109 Å². The van der Waals surface area contributed by atoms with Gasteiger partial charge in [0.1, 0.15) is 11.3 Å². The van der Waals surface area contributed by atoms with Crippen molar-refractivity contribution in [2.24, 2.45) is 5.92 Å². The zero-order chi connectivity index (χ0) is 25.7. The number of benzene rings is 1. The van der Waals surface area contributed by atoms with Crippen molar-refractivity contribution < 1.29 is 23.8 Å². The maximum Gasteiger partial charge on any atom is 0.415 e. The summed E-state index contributed by atoms with van der Waals surface area (Å²) >= 11 is 6.35. The van der Waals surface area contributed by atoms with Gasteiger partial charge >= 0.3 is 17.8 Å². The molecule has 0 bridgehead atoms. The molecule has 0 saturated carbocycles. The largest absolute Gasteiger partial charge is 0.462 e. The van der Waals surface area contributed by atoms with Gasteiger partial charge < -0.3 is 19.1 Å². The molecule has 1 amide bonds. The number of ether oxygens (including phenoxy) is 3. The Morgan fingerprint density at radius 3 is 2.78 bits per heavy atom. The lowest BCUT2D eigenvalue weighted by Gasteiger charge is -2.29. The molecule has 0 spiro atoms. The van der Waals surface area contributed by atoms with Crippen LogP contribution in [0.4, 0.5) is 4.79 Å². The highest BCUT2D eigenvalue weighted by molar-refractivity contribution is 6.31. The van der Waals surface area contributed by atoms with E-state index < -0.39 is 29.4 Å². The van der Waals surface area contributed by atoms with E-state index in [1.807, 2.05) is 6.92 Å². The van der Waals surface area contributed by atoms with Crippen molar-refractivity contribution in [2.75, 3.05) is 20.3 Å². The van der Waals surface area contributed by atoms with Crippen molar-refractivity contribution in [1.29, 1.82) is 0 Å². The van der Waals surface area contributed by atoms with Gasteiger partial charge in [0.2, 0.25) is 0 Å². The molecule has 1 aromatic carbocycles. The standard InChI is InChI=1S/C25H24ClN3O7/c1-4-35-23(31)16-10-28(14-8-13(2)21-20(9-14)36-25(33)27(21)3)24(32)29(22(16)30)19-12-34-11-17-15(19)6-5-7-18(17)26/h5-10,13,19,21H,4,11-12H2,1-3H3. The van der Waals surface area contributed by atoms with E-state index in [4.69, 9.17) is 25.8 Å². The van der Waals surface area contributed by atoms with Gasteiger partial charge in [-0.3, -0.25) is 9.36 Å². The summed E-state index contributed by atoms with van der Waals surface area (Å²) in [6.45, 7) is 3.84. The van der Waals surface area contributed by atoms with E-state index in [1.165, 1.54) is 15.7 Å². The van der Waals surface area contributed by atoms with Crippen LogP contribution in [0.1, 0.15) is 41.4 Å². The smallest absolute Gasteiger partial charge is 0.415 e. The number of hydrogen-bond acceptors (Lipinski definition) is 7. The van der Waals surface area contributed by atoms with Crippen LogP contribution in [-0.4, -0.2) is 52.4 Å². The van der Waals surface area contributed by atoms with Crippen molar-refractivity contribution in [3.05, 3.63) is 84.9 Å². The number of aromatic nitrogens is 2. The highest BCUT2D eigenvalue weighted by atomic mass is 35.5. The van der Waals surface area contributed by atoms with Crippen molar-refractivity contribution >= 4 is 29.4 Å². The number of allylic oxidation sites excluding steroid dienone is 2. The summed E-state index contributed by atoms with van der Waals surface area (Å²) in [4.78, 5) is 53.7. The highest BCUT2D eigenvalue weighted by Gasteiger charge is 2.40. The minimum atomic E-state index is -0.852. The van der Waals surface area contributed by atoms with Gasteiger partial charge in [0.25, 0.3) is 5.56 Å². The average molecular weight is 514 g/mol. The van der Waals surface area contributed by atoms with Gasteiger partial charge in [0.05, 0.1) is 31.9 Å². The summed E-state index contributed by atoms with van der Waals surface area (Å²) in [7, 11) is 1.64. The van der Waals surface area contributed by atoms with Crippen LogP contribution in [0.2, 0.25) is 5.02 Å². The first-order valence-corrected chi connectivity index (χ1v) is 11.9. The van der Waals surface area contributed by atoms with Crippen molar-refractivity contribution in [1.82, 2.24) is 14.0 Å². The van der Waals surface area contributed by atoms with E-state index in [0.717, 1.165) is 4.57 Å². The molecule has 3 unspecified atom stereocenters. The van der Waals surface area contributed by atoms with Gasteiger partial charge in [-0.2, -0.15) is 0 Å². The van der Waals surface area contributed by atoms with Crippen LogP contribution < -0.4 is 11.2 Å². The van der Waals surface area contributed by atoms with Crippen LogP contribution in [-0.2, 0) is 20.8 Å². The van der Waals surface area contributed by atoms with E-state index >= 15 is 0 Å². The van der Waals surface area contributed by atoms with E-state index in [2.05, 4.69) is 0 Å². The number of carbonyl (C=O) groups excluding carboxylic acids is 2. The lowest BCUT2D eigenvalue weighted by Crippen LogP contribution is -2.47. The number of likely N-dealkylation sites (N-methyl/N-ethyl adjacent to an activating group) is 1. The SMILES string of the molecule is CCOC(=O)c1cn(C2=CC(C)C3C(=C2)OC(=O)N3C)c(=O)n(C2COCc3c(Cl)cccc32)c1=O.